The third kappa shape index (κ3) is 1.46. The van der Waals surface area contributed by atoms with Gasteiger partial charge in [-0.2, -0.15) is 12.6 Å². The number of rotatable bonds is 0. The Morgan fingerprint density at radius 2 is 0.833 bits per heavy atom. The average molecular weight is 196 g/mol. The van der Waals surface area contributed by atoms with Gasteiger partial charge in [-0.3, -0.25) is 0 Å². The van der Waals surface area contributed by atoms with Crippen LogP contribution in [0.15, 0.2) is 0 Å². The van der Waals surface area contributed by atoms with E-state index < -0.39 is 35.8 Å². The molecule has 5 N–H and O–H groups in total. The number of thiol groups is 1. The van der Waals surface area contributed by atoms with E-state index in [4.69, 9.17) is 25.5 Å². The molecule has 1 aliphatic carbocycles. The summed E-state index contributed by atoms with van der Waals surface area (Å²) in [6.07, 6.45) is -7.13. The van der Waals surface area contributed by atoms with Gasteiger partial charge in [0, 0.05) is 0 Å². The molecule has 0 saturated heterocycles. The highest BCUT2D eigenvalue weighted by Crippen LogP contribution is 2.24. The zero-order valence-electron chi connectivity index (χ0n) is 6.15. The van der Waals surface area contributed by atoms with Gasteiger partial charge >= 0.3 is 0 Å². The highest BCUT2D eigenvalue weighted by molar-refractivity contribution is 7.81. The van der Waals surface area contributed by atoms with Crippen molar-refractivity contribution in [2.75, 3.05) is 0 Å². The van der Waals surface area contributed by atoms with Crippen molar-refractivity contribution in [1.82, 2.24) is 0 Å². The lowest BCUT2D eigenvalue weighted by molar-refractivity contribution is -0.172. The summed E-state index contributed by atoms with van der Waals surface area (Å²) in [6.45, 7) is 0. The van der Waals surface area contributed by atoms with Gasteiger partial charge in [-0.25, -0.2) is 0 Å². The molecule has 2 unspecified atom stereocenters. The van der Waals surface area contributed by atoms with Crippen molar-refractivity contribution in [1.29, 1.82) is 0 Å². The van der Waals surface area contributed by atoms with Gasteiger partial charge in [-0.1, -0.05) is 0 Å². The monoisotopic (exact) mass is 196 g/mol. The third-order valence-corrected chi connectivity index (χ3v) is 2.71. The van der Waals surface area contributed by atoms with E-state index in [-0.39, 0.29) is 0 Å². The van der Waals surface area contributed by atoms with Gasteiger partial charge in [0.15, 0.2) is 0 Å². The number of aliphatic hydroxyl groups is 5. The Morgan fingerprint density at radius 1 is 0.583 bits per heavy atom. The second-order valence-corrected chi connectivity index (χ2v) is 3.54. The molecule has 5 nitrogen and oxygen atoms in total. The summed E-state index contributed by atoms with van der Waals surface area (Å²) in [7, 11) is 0. The van der Waals surface area contributed by atoms with Crippen molar-refractivity contribution in [2.24, 2.45) is 0 Å². The molecule has 72 valence electrons. The van der Waals surface area contributed by atoms with E-state index in [1.54, 1.807) is 0 Å². The molecule has 0 aromatic carbocycles. The van der Waals surface area contributed by atoms with Crippen molar-refractivity contribution in [3.63, 3.8) is 0 Å². The largest absolute Gasteiger partial charge is 0.389 e. The number of hydrogen-bond donors (Lipinski definition) is 6. The maximum Gasteiger partial charge on any atom is 0.111 e. The maximum atomic E-state index is 9.15. The van der Waals surface area contributed by atoms with Crippen LogP contribution in [0.25, 0.3) is 0 Å². The second-order valence-electron chi connectivity index (χ2n) is 2.94. The van der Waals surface area contributed by atoms with Gasteiger partial charge in [0.2, 0.25) is 0 Å². The SMILES string of the molecule is OC1[C@@H](O)[C@H](O)C(S)[C@@H](O)[C@H]1O. The minimum Gasteiger partial charge on any atom is -0.389 e. The second kappa shape index (κ2) is 3.49. The molecule has 0 aromatic rings. The Morgan fingerprint density at radius 3 is 1.17 bits per heavy atom. The van der Waals surface area contributed by atoms with Crippen molar-refractivity contribution in [3.8, 4) is 0 Å². The highest BCUT2D eigenvalue weighted by Gasteiger charge is 2.46. The summed E-state index contributed by atoms with van der Waals surface area (Å²) < 4.78 is 0. The summed E-state index contributed by atoms with van der Waals surface area (Å²) in [4.78, 5) is 0. The van der Waals surface area contributed by atoms with Crippen molar-refractivity contribution in [2.45, 2.75) is 35.8 Å². The van der Waals surface area contributed by atoms with Gasteiger partial charge in [-0.05, 0) is 0 Å². The molecular weight excluding hydrogens is 184 g/mol. The molecule has 0 bridgehead atoms. The first-order valence-electron chi connectivity index (χ1n) is 3.55. The van der Waals surface area contributed by atoms with E-state index in [0.717, 1.165) is 0 Å². The van der Waals surface area contributed by atoms with E-state index >= 15 is 0 Å². The van der Waals surface area contributed by atoms with Gasteiger partial charge in [0.1, 0.15) is 18.3 Å². The van der Waals surface area contributed by atoms with E-state index in [9.17, 15) is 0 Å². The first-order valence-corrected chi connectivity index (χ1v) is 4.07. The van der Waals surface area contributed by atoms with Crippen LogP contribution in [0.1, 0.15) is 0 Å². The minimum atomic E-state index is -1.53. The molecule has 12 heavy (non-hydrogen) atoms. The quantitative estimate of drug-likeness (QED) is 0.233. The summed E-state index contributed by atoms with van der Waals surface area (Å²) in [5.41, 5.74) is 0. The Hall–Kier alpha value is 0.150. The Kier molecular flexibility index (Phi) is 2.97. The highest BCUT2D eigenvalue weighted by atomic mass is 32.1. The summed E-state index contributed by atoms with van der Waals surface area (Å²) >= 11 is 3.78. The molecule has 0 aliphatic heterocycles. The molecule has 1 aliphatic rings. The van der Waals surface area contributed by atoms with Crippen LogP contribution >= 0.6 is 12.6 Å². The summed E-state index contributed by atoms with van der Waals surface area (Å²) in [5, 5.41) is 44.6. The molecule has 0 heterocycles. The molecule has 0 radical (unpaired) electrons. The van der Waals surface area contributed by atoms with Crippen molar-refractivity contribution < 1.29 is 25.5 Å². The average Bonchev–Trinajstić information content (AvgIpc) is 2.08. The Balaban J connectivity index is 2.76. The Labute approximate surface area is 74.7 Å². The smallest absolute Gasteiger partial charge is 0.111 e. The van der Waals surface area contributed by atoms with Crippen molar-refractivity contribution in [3.05, 3.63) is 0 Å². The van der Waals surface area contributed by atoms with Crippen LogP contribution < -0.4 is 0 Å². The molecule has 1 saturated carbocycles. The van der Waals surface area contributed by atoms with E-state index in [0.29, 0.717) is 0 Å². The lowest BCUT2D eigenvalue weighted by Gasteiger charge is -2.39. The van der Waals surface area contributed by atoms with Gasteiger partial charge in [0.05, 0.1) is 17.5 Å². The van der Waals surface area contributed by atoms with Crippen LogP contribution in [-0.2, 0) is 0 Å². The van der Waals surface area contributed by atoms with Gasteiger partial charge in [0.25, 0.3) is 0 Å². The van der Waals surface area contributed by atoms with E-state index in [1.807, 2.05) is 0 Å². The zero-order valence-corrected chi connectivity index (χ0v) is 7.04. The molecule has 0 amide bonds. The number of aliphatic hydroxyl groups excluding tert-OH is 5. The first-order chi connectivity index (χ1) is 5.46. The fraction of sp³-hybridized carbons (Fsp3) is 1.00. The van der Waals surface area contributed by atoms with Crippen LogP contribution in [0.3, 0.4) is 0 Å². The predicted molar refractivity (Wildman–Crippen MR) is 42.8 cm³/mol. The lowest BCUT2D eigenvalue weighted by Crippen LogP contribution is -2.61. The molecule has 0 spiro atoms. The first kappa shape index (κ1) is 10.2. The van der Waals surface area contributed by atoms with Gasteiger partial charge < -0.3 is 25.5 Å². The molecule has 0 aromatic heterocycles. The molecule has 6 heteroatoms. The predicted octanol–water partition coefficient (Wildman–Crippen LogP) is -2.90. The molecule has 1 fully saturated rings. The molecule has 1 rings (SSSR count). The molecular formula is C6H12O5S. The third-order valence-electron chi connectivity index (χ3n) is 2.10. The fourth-order valence-electron chi connectivity index (χ4n) is 1.21. The van der Waals surface area contributed by atoms with Crippen LogP contribution in [0.4, 0.5) is 0 Å². The summed E-state index contributed by atoms with van der Waals surface area (Å²) in [5.74, 6) is 0. The normalized spacial score (nSPS) is 55.5. The topological polar surface area (TPSA) is 101 Å². The number of hydrogen-bond acceptors (Lipinski definition) is 6. The van der Waals surface area contributed by atoms with Crippen LogP contribution in [0.2, 0.25) is 0 Å². The summed E-state index contributed by atoms with van der Waals surface area (Å²) in [6, 6.07) is 0. The van der Waals surface area contributed by atoms with Gasteiger partial charge in [-0.15, -0.1) is 0 Å². The van der Waals surface area contributed by atoms with E-state index in [1.165, 1.54) is 0 Å². The van der Waals surface area contributed by atoms with Crippen molar-refractivity contribution >= 4 is 12.6 Å². The zero-order chi connectivity index (χ0) is 9.46. The Bertz CT molecular complexity index is 107. The van der Waals surface area contributed by atoms with Crippen LogP contribution in [0.5, 0.6) is 0 Å². The van der Waals surface area contributed by atoms with Crippen LogP contribution in [0, 0.1) is 0 Å². The fourth-order valence-corrected chi connectivity index (χ4v) is 1.56. The standard InChI is InChI=1S/C6H12O5S/c7-1-2(8)4(10)6(12)5(11)3(1)9/h1-12H/t1?,2-,3+,4-,5-,6?/m0/s1. The van der Waals surface area contributed by atoms with E-state index in [2.05, 4.69) is 12.6 Å². The van der Waals surface area contributed by atoms with Crippen LogP contribution in [-0.4, -0.2) is 61.3 Å². The molecule has 6 atom stereocenters. The maximum absolute atomic E-state index is 9.15. The minimum absolute atomic E-state index is 0.946. The lowest BCUT2D eigenvalue weighted by atomic mass is 9.87.